The van der Waals surface area contributed by atoms with Gasteiger partial charge in [-0.05, 0) is 48.7 Å². The second kappa shape index (κ2) is 7.56. The Bertz CT molecular complexity index is 1010. The zero-order chi connectivity index (χ0) is 22.4. The Labute approximate surface area is 176 Å². The van der Waals surface area contributed by atoms with E-state index >= 15 is 0 Å². The zero-order valence-corrected chi connectivity index (χ0v) is 16.5. The molecule has 2 amide bonds. The first-order valence-electron chi connectivity index (χ1n) is 9.90. The van der Waals surface area contributed by atoms with E-state index in [9.17, 15) is 33.0 Å². The maximum absolute atomic E-state index is 13.0. The Morgan fingerprint density at radius 1 is 0.903 bits per heavy atom. The lowest BCUT2D eigenvalue weighted by Crippen LogP contribution is -2.53. The third kappa shape index (κ3) is 4.23. The SMILES string of the molecule is O=C(c1ccc(-c2cc(C(F)(F)F)ccc2O)cc1)N1CCN(C(=O)C2(O)CC2)CC1. The van der Waals surface area contributed by atoms with Gasteiger partial charge in [0.1, 0.15) is 11.4 Å². The first-order valence-corrected chi connectivity index (χ1v) is 9.90. The zero-order valence-electron chi connectivity index (χ0n) is 16.5. The van der Waals surface area contributed by atoms with Crippen LogP contribution in [0.2, 0.25) is 0 Å². The minimum absolute atomic E-state index is 0.0268. The van der Waals surface area contributed by atoms with Gasteiger partial charge in [-0.3, -0.25) is 9.59 Å². The van der Waals surface area contributed by atoms with Crippen molar-refractivity contribution in [3.05, 3.63) is 53.6 Å². The first kappa shape index (κ1) is 21.2. The smallest absolute Gasteiger partial charge is 0.416 e. The van der Waals surface area contributed by atoms with Gasteiger partial charge in [0.05, 0.1) is 5.56 Å². The number of rotatable bonds is 3. The van der Waals surface area contributed by atoms with Gasteiger partial charge in [-0.15, -0.1) is 0 Å². The lowest BCUT2D eigenvalue weighted by molar-refractivity contribution is -0.144. The normalized spacial score (nSPS) is 18.1. The number of aromatic hydroxyl groups is 1. The van der Waals surface area contributed by atoms with Crippen LogP contribution in [0, 0.1) is 0 Å². The number of carbonyl (C=O) groups excluding carboxylic acids is 2. The number of aliphatic hydroxyl groups is 1. The van der Waals surface area contributed by atoms with E-state index in [1.54, 1.807) is 9.80 Å². The third-order valence-corrected chi connectivity index (χ3v) is 5.74. The molecule has 1 aliphatic carbocycles. The summed E-state index contributed by atoms with van der Waals surface area (Å²) in [6.07, 6.45) is -3.59. The highest BCUT2D eigenvalue weighted by Crippen LogP contribution is 2.38. The van der Waals surface area contributed by atoms with Crippen LogP contribution in [0.4, 0.5) is 13.2 Å². The number of nitrogens with zero attached hydrogens (tertiary/aromatic N) is 2. The van der Waals surface area contributed by atoms with Crippen molar-refractivity contribution >= 4 is 11.8 Å². The highest BCUT2D eigenvalue weighted by atomic mass is 19.4. The molecule has 2 N–H and O–H groups in total. The van der Waals surface area contributed by atoms with Crippen LogP contribution in [0.1, 0.15) is 28.8 Å². The summed E-state index contributed by atoms with van der Waals surface area (Å²) >= 11 is 0. The van der Waals surface area contributed by atoms with Gasteiger partial charge in [0.15, 0.2) is 0 Å². The molecule has 1 saturated heterocycles. The molecule has 6 nitrogen and oxygen atoms in total. The topological polar surface area (TPSA) is 81.1 Å². The van der Waals surface area contributed by atoms with E-state index in [-0.39, 0.29) is 23.1 Å². The Morgan fingerprint density at radius 3 is 2.03 bits per heavy atom. The molecule has 1 heterocycles. The maximum atomic E-state index is 13.0. The van der Waals surface area contributed by atoms with Gasteiger partial charge in [0.25, 0.3) is 11.8 Å². The van der Waals surface area contributed by atoms with Gasteiger partial charge in [0.2, 0.25) is 0 Å². The largest absolute Gasteiger partial charge is 0.507 e. The van der Waals surface area contributed by atoms with Crippen LogP contribution in [0.5, 0.6) is 5.75 Å². The molecule has 0 radical (unpaired) electrons. The molecule has 2 aromatic rings. The van der Waals surface area contributed by atoms with Gasteiger partial charge in [-0.1, -0.05) is 12.1 Å². The molecule has 0 bridgehead atoms. The molecular weight excluding hydrogens is 413 g/mol. The number of piperazine rings is 1. The Kier molecular flexibility index (Phi) is 5.17. The van der Waals surface area contributed by atoms with E-state index in [2.05, 4.69) is 0 Å². The van der Waals surface area contributed by atoms with Crippen LogP contribution < -0.4 is 0 Å². The van der Waals surface area contributed by atoms with Crippen molar-refractivity contribution in [2.24, 2.45) is 0 Å². The standard InChI is InChI=1S/C22H21F3N2O4/c23-22(24,25)16-5-6-18(28)17(13-16)14-1-3-15(4-2-14)19(29)26-9-11-27(12-10-26)20(30)21(31)7-8-21/h1-6,13,28,31H,7-12H2. The summed E-state index contributed by atoms with van der Waals surface area (Å²) < 4.78 is 38.9. The summed E-state index contributed by atoms with van der Waals surface area (Å²) in [5, 5.41) is 19.9. The molecule has 31 heavy (non-hydrogen) atoms. The number of alkyl halides is 3. The van der Waals surface area contributed by atoms with Gasteiger partial charge < -0.3 is 20.0 Å². The number of hydrogen-bond acceptors (Lipinski definition) is 4. The Morgan fingerprint density at radius 2 is 1.48 bits per heavy atom. The molecular formula is C22H21F3N2O4. The van der Waals surface area contributed by atoms with Crippen LogP contribution >= 0.6 is 0 Å². The Hall–Kier alpha value is -3.07. The van der Waals surface area contributed by atoms with Gasteiger partial charge in [-0.2, -0.15) is 13.2 Å². The van der Waals surface area contributed by atoms with E-state index in [1.807, 2.05) is 0 Å². The van der Waals surface area contributed by atoms with Crippen molar-refractivity contribution in [3.63, 3.8) is 0 Å². The number of phenolic OH excluding ortho intramolecular Hbond substituents is 1. The van der Waals surface area contributed by atoms with Gasteiger partial charge in [-0.25, -0.2) is 0 Å². The number of carbonyl (C=O) groups is 2. The van der Waals surface area contributed by atoms with E-state index in [4.69, 9.17) is 0 Å². The van der Waals surface area contributed by atoms with Crippen molar-refractivity contribution < 1.29 is 33.0 Å². The monoisotopic (exact) mass is 434 g/mol. The minimum Gasteiger partial charge on any atom is -0.507 e. The van der Waals surface area contributed by atoms with E-state index < -0.39 is 17.3 Å². The van der Waals surface area contributed by atoms with Crippen molar-refractivity contribution in [3.8, 4) is 16.9 Å². The predicted octanol–water partition coefficient (Wildman–Crippen LogP) is 2.89. The molecule has 0 spiro atoms. The van der Waals surface area contributed by atoms with E-state index in [0.29, 0.717) is 50.1 Å². The van der Waals surface area contributed by atoms with Crippen LogP contribution in [0.15, 0.2) is 42.5 Å². The fourth-order valence-electron chi connectivity index (χ4n) is 3.66. The molecule has 0 atom stereocenters. The number of halogens is 3. The average Bonchev–Trinajstić information content (AvgIpc) is 3.51. The highest BCUT2D eigenvalue weighted by Gasteiger charge is 2.50. The second-order valence-electron chi connectivity index (χ2n) is 7.92. The number of phenols is 1. The summed E-state index contributed by atoms with van der Waals surface area (Å²) in [4.78, 5) is 28.1. The summed E-state index contributed by atoms with van der Waals surface area (Å²) in [5.41, 5.74) is -1.36. The van der Waals surface area contributed by atoms with Crippen LogP contribution in [-0.2, 0) is 11.0 Å². The Balaban J connectivity index is 1.44. The fraction of sp³-hybridized carbons (Fsp3) is 0.364. The van der Waals surface area contributed by atoms with Crippen molar-refractivity contribution in [1.29, 1.82) is 0 Å². The highest BCUT2D eigenvalue weighted by molar-refractivity contribution is 5.95. The summed E-state index contributed by atoms with van der Waals surface area (Å²) in [6.45, 7) is 1.33. The molecule has 2 aliphatic rings. The number of hydrogen-bond donors (Lipinski definition) is 2. The predicted molar refractivity (Wildman–Crippen MR) is 105 cm³/mol. The average molecular weight is 434 g/mol. The van der Waals surface area contributed by atoms with Gasteiger partial charge >= 0.3 is 6.18 Å². The molecule has 0 aromatic heterocycles. The van der Waals surface area contributed by atoms with Crippen LogP contribution in [-0.4, -0.2) is 63.6 Å². The first-order chi connectivity index (χ1) is 14.6. The molecule has 9 heteroatoms. The molecule has 1 saturated carbocycles. The lowest BCUT2D eigenvalue weighted by atomic mass is 10.00. The lowest BCUT2D eigenvalue weighted by Gasteiger charge is -2.35. The van der Waals surface area contributed by atoms with E-state index in [0.717, 1.165) is 18.2 Å². The summed E-state index contributed by atoms with van der Waals surface area (Å²) in [5.74, 6) is -0.827. The maximum Gasteiger partial charge on any atom is 0.416 e. The molecule has 4 rings (SSSR count). The minimum atomic E-state index is -4.53. The second-order valence-corrected chi connectivity index (χ2v) is 7.92. The molecule has 2 aromatic carbocycles. The fourth-order valence-corrected chi connectivity index (χ4v) is 3.66. The molecule has 2 fully saturated rings. The van der Waals surface area contributed by atoms with Crippen LogP contribution in [0.3, 0.4) is 0 Å². The quantitative estimate of drug-likeness (QED) is 0.779. The van der Waals surface area contributed by atoms with Crippen LogP contribution in [0.25, 0.3) is 11.1 Å². The number of benzene rings is 2. The van der Waals surface area contributed by atoms with Crippen molar-refractivity contribution in [2.75, 3.05) is 26.2 Å². The van der Waals surface area contributed by atoms with E-state index in [1.165, 1.54) is 24.3 Å². The van der Waals surface area contributed by atoms with Crippen molar-refractivity contribution in [2.45, 2.75) is 24.6 Å². The molecule has 164 valence electrons. The summed E-state index contributed by atoms with van der Waals surface area (Å²) in [7, 11) is 0. The number of amides is 2. The molecule has 0 unspecified atom stereocenters. The third-order valence-electron chi connectivity index (χ3n) is 5.74. The molecule has 1 aliphatic heterocycles. The van der Waals surface area contributed by atoms with Crippen molar-refractivity contribution in [1.82, 2.24) is 9.80 Å². The summed E-state index contributed by atoms with van der Waals surface area (Å²) in [6, 6.07) is 8.66. The van der Waals surface area contributed by atoms with Gasteiger partial charge in [0, 0.05) is 37.3 Å².